The molecule has 0 bridgehead atoms. The van der Waals surface area contributed by atoms with E-state index in [-0.39, 0.29) is 50.1 Å². The highest BCUT2D eigenvalue weighted by atomic mass is 31.2. The Hall–Kier alpha value is -0.990. The molecular formula is C20H39O9P. The third kappa shape index (κ3) is 9.02. The van der Waals surface area contributed by atoms with Crippen molar-refractivity contribution in [3.8, 4) is 0 Å². The zero-order chi connectivity index (χ0) is 23.7. The number of ether oxygens (including phenoxy) is 4. The van der Waals surface area contributed by atoms with Gasteiger partial charge in [-0.2, -0.15) is 0 Å². The second kappa shape index (κ2) is 12.8. The van der Waals surface area contributed by atoms with Gasteiger partial charge in [0, 0.05) is 0 Å². The van der Waals surface area contributed by atoms with E-state index in [4.69, 9.17) is 18.9 Å². The first-order chi connectivity index (χ1) is 13.6. The summed E-state index contributed by atoms with van der Waals surface area (Å²) in [5, 5.41) is -2.96. The van der Waals surface area contributed by atoms with Crippen molar-refractivity contribution in [3.63, 3.8) is 0 Å². The third-order valence-corrected chi connectivity index (χ3v) is 5.05. The van der Waals surface area contributed by atoms with Gasteiger partial charge in [-0.05, 0) is 23.7 Å². The molecule has 0 aromatic rings. The predicted molar refractivity (Wildman–Crippen MR) is 112 cm³/mol. The van der Waals surface area contributed by atoms with E-state index in [1.165, 1.54) is 0 Å². The quantitative estimate of drug-likeness (QED) is 0.301. The van der Waals surface area contributed by atoms with Gasteiger partial charge in [-0.3, -0.25) is 4.57 Å². The zero-order valence-electron chi connectivity index (χ0n) is 19.4. The molecule has 0 saturated carbocycles. The fraction of sp³-hybridized carbons (Fsp3) is 0.900. The van der Waals surface area contributed by atoms with Gasteiger partial charge in [-0.15, -0.1) is 0 Å². The summed E-state index contributed by atoms with van der Waals surface area (Å²) in [7, 11) is -5.42. The average Bonchev–Trinajstić information content (AvgIpc) is 2.58. The monoisotopic (exact) mass is 454 g/mol. The Morgan fingerprint density at radius 3 is 1.60 bits per heavy atom. The maximum Gasteiger partial charge on any atom is 0.372 e. The molecule has 0 aliphatic carbocycles. The van der Waals surface area contributed by atoms with Crippen molar-refractivity contribution in [2.24, 2.45) is 23.7 Å². The van der Waals surface area contributed by atoms with Crippen LogP contribution in [0.2, 0.25) is 0 Å². The van der Waals surface area contributed by atoms with Crippen molar-refractivity contribution in [1.29, 1.82) is 0 Å². The van der Waals surface area contributed by atoms with Crippen molar-refractivity contribution in [2.45, 2.75) is 66.8 Å². The van der Waals surface area contributed by atoms with Crippen LogP contribution in [0.1, 0.15) is 55.4 Å². The van der Waals surface area contributed by atoms with Gasteiger partial charge in [-0.1, -0.05) is 55.4 Å². The highest BCUT2D eigenvalue weighted by Gasteiger charge is 2.66. The van der Waals surface area contributed by atoms with Gasteiger partial charge in [0.1, 0.15) is 0 Å². The molecule has 0 aliphatic heterocycles. The maximum atomic E-state index is 13.0. The molecular weight excluding hydrogens is 415 g/mol. The second-order valence-electron chi connectivity index (χ2n) is 9.07. The van der Waals surface area contributed by atoms with Crippen molar-refractivity contribution in [1.82, 2.24) is 0 Å². The Morgan fingerprint density at radius 2 is 1.20 bits per heavy atom. The molecule has 0 amide bonds. The fourth-order valence-electron chi connectivity index (χ4n) is 2.19. The topological polar surface area (TPSA) is 129 Å². The first-order valence-corrected chi connectivity index (χ1v) is 11.9. The molecule has 0 aromatic carbocycles. The summed E-state index contributed by atoms with van der Waals surface area (Å²) in [5.41, 5.74) is 0. The van der Waals surface area contributed by atoms with Gasteiger partial charge in [0.15, 0.2) is 0 Å². The molecule has 0 radical (unpaired) electrons. The lowest BCUT2D eigenvalue weighted by Crippen LogP contribution is -2.58. The molecule has 9 nitrogen and oxygen atoms in total. The Bertz CT molecular complexity index is 583. The predicted octanol–water partition coefficient (Wildman–Crippen LogP) is 2.97. The van der Waals surface area contributed by atoms with E-state index in [2.05, 4.69) is 0 Å². The zero-order valence-corrected chi connectivity index (χ0v) is 20.3. The van der Waals surface area contributed by atoms with Gasteiger partial charge >= 0.3 is 24.9 Å². The van der Waals surface area contributed by atoms with Crippen LogP contribution < -0.4 is 0 Å². The highest BCUT2D eigenvalue weighted by molar-refractivity contribution is 7.54. The van der Waals surface area contributed by atoms with Crippen LogP contribution in [0.15, 0.2) is 0 Å². The van der Waals surface area contributed by atoms with E-state index in [0.717, 1.165) is 0 Å². The van der Waals surface area contributed by atoms with Crippen LogP contribution in [0.25, 0.3) is 0 Å². The molecule has 2 unspecified atom stereocenters. The van der Waals surface area contributed by atoms with Gasteiger partial charge in [0.2, 0.25) is 6.10 Å². The molecule has 2 N–H and O–H groups in total. The molecule has 0 heterocycles. The molecule has 178 valence electrons. The van der Waals surface area contributed by atoms with Crippen LogP contribution in [-0.4, -0.2) is 59.6 Å². The fourth-order valence-corrected chi connectivity index (χ4v) is 3.22. The summed E-state index contributed by atoms with van der Waals surface area (Å²) in [4.78, 5) is 46.4. The summed E-state index contributed by atoms with van der Waals surface area (Å²) in [6.07, 6.45) is -1.99. The third-order valence-electron chi connectivity index (χ3n) is 3.63. The minimum absolute atomic E-state index is 0.0111. The number of carbonyl (C=O) groups excluding carboxylic acids is 2. The highest BCUT2D eigenvalue weighted by Crippen LogP contribution is 2.55. The van der Waals surface area contributed by atoms with Crippen molar-refractivity contribution < 1.29 is 42.9 Å². The first kappa shape index (κ1) is 29.0. The lowest BCUT2D eigenvalue weighted by Gasteiger charge is -2.37. The van der Waals surface area contributed by atoms with Gasteiger partial charge in [0.25, 0.3) is 0 Å². The molecule has 0 aromatic heterocycles. The molecule has 0 rings (SSSR count). The first-order valence-electron chi connectivity index (χ1n) is 10.3. The Balaban J connectivity index is 6.38. The minimum atomic E-state index is -5.42. The molecule has 0 spiro atoms. The molecule has 10 heteroatoms. The van der Waals surface area contributed by atoms with Crippen LogP contribution >= 0.6 is 7.60 Å². The van der Waals surface area contributed by atoms with Crippen LogP contribution in [0.4, 0.5) is 0 Å². The lowest BCUT2D eigenvalue weighted by atomic mass is 10.1. The van der Waals surface area contributed by atoms with E-state index >= 15 is 0 Å². The smallest absolute Gasteiger partial charge is 0.372 e. The van der Waals surface area contributed by atoms with Crippen LogP contribution in [-0.2, 0) is 33.1 Å². The molecule has 0 fully saturated rings. The summed E-state index contributed by atoms with van der Waals surface area (Å²) < 4.78 is 34.1. The van der Waals surface area contributed by atoms with Crippen molar-refractivity contribution >= 4 is 19.5 Å². The molecule has 0 aliphatic rings. The normalized spacial score (nSPS) is 15.5. The van der Waals surface area contributed by atoms with Crippen molar-refractivity contribution in [3.05, 3.63) is 0 Å². The number of rotatable bonds is 14. The summed E-state index contributed by atoms with van der Waals surface area (Å²) in [6, 6.07) is 0. The lowest BCUT2D eigenvalue weighted by molar-refractivity contribution is -0.197. The van der Waals surface area contributed by atoms with E-state index < -0.39 is 31.0 Å². The van der Waals surface area contributed by atoms with E-state index in [0.29, 0.717) is 0 Å². The standard InChI is InChI=1S/C20H39O9P/c1-13(2)9-26-17(18(21)27-10-14(3)4)20(30(23,24)25,29-12-16(7)8)19(22)28-11-15(5)6/h13-17H,9-12H2,1-8H3,(H2,23,24,25). The van der Waals surface area contributed by atoms with E-state index in [1.807, 2.05) is 0 Å². The summed E-state index contributed by atoms with van der Waals surface area (Å²) in [6.45, 7) is 13.8. The van der Waals surface area contributed by atoms with Crippen LogP contribution in [0.5, 0.6) is 0 Å². The number of carbonyl (C=O) groups is 2. The molecule has 0 saturated heterocycles. The number of hydrogen-bond acceptors (Lipinski definition) is 7. The van der Waals surface area contributed by atoms with Crippen LogP contribution in [0, 0.1) is 23.7 Å². The average molecular weight is 454 g/mol. The second-order valence-corrected chi connectivity index (χ2v) is 10.8. The Morgan fingerprint density at radius 1 is 0.767 bits per heavy atom. The number of hydrogen-bond donors (Lipinski definition) is 2. The van der Waals surface area contributed by atoms with Crippen molar-refractivity contribution in [2.75, 3.05) is 26.4 Å². The van der Waals surface area contributed by atoms with Crippen LogP contribution in [0.3, 0.4) is 0 Å². The largest absolute Gasteiger partial charge is 0.463 e. The summed E-state index contributed by atoms with van der Waals surface area (Å²) >= 11 is 0. The minimum Gasteiger partial charge on any atom is -0.463 e. The van der Waals surface area contributed by atoms with Gasteiger partial charge in [-0.25, -0.2) is 9.59 Å². The van der Waals surface area contributed by atoms with Gasteiger partial charge < -0.3 is 28.7 Å². The van der Waals surface area contributed by atoms with E-state index in [9.17, 15) is 23.9 Å². The molecule has 30 heavy (non-hydrogen) atoms. The Labute approximate surface area is 180 Å². The summed E-state index contributed by atoms with van der Waals surface area (Å²) in [5.74, 6) is -2.84. The maximum absolute atomic E-state index is 13.0. The SMILES string of the molecule is CC(C)COC(=O)C(OCC(C)C)C(OCC(C)C)(C(=O)OCC(C)C)P(=O)(O)O. The van der Waals surface area contributed by atoms with Gasteiger partial charge in [0.05, 0.1) is 26.4 Å². The molecule has 2 atom stereocenters. The number of esters is 2. The van der Waals surface area contributed by atoms with E-state index in [1.54, 1.807) is 55.4 Å². The Kier molecular flexibility index (Phi) is 12.3.